The molecule has 0 aliphatic carbocycles. The lowest BCUT2D eigenvalue weighted by Gasteiger charge is -2.30. The third-order valence-corrected chi connectivity index (χ3v) is 3.86. The molecule has 0 aromatic heterocycles. The molecule has 0 N–H and O–H groups in total. The molecule has 3 heteroatoms. The van der Waals surface area contributed by atoms with Crippen LogP contribution in [0.3, 0.4) is 0 Å². The molecule has 17 heavy (non-hydrogen) atoms. The molecule has 0 aliphatic heterocycles. The lowest BCUT2D eigenvalue weighted by molar-refractivity contribution is -0.154. The Labute approximate surface area is 108 Å². The second kappa shape index (κ2) is 6.06. The molecule has 2 unspecified atom stereocenters. The molecule has 0 heterocycles. The fourth-order valence-electron chi connectivity index (χ4n) is 1.71. The first kappa shape index (κ1) is 14.0. The zero-order valence-corrected chi connectivity index (χ0v) is 11.3. The fraction of sp³-hybridized carbons (Fsp3) is 0.500. The molecule has 2 nitrogen and oxygen atoms in total. The Morgan fingerprint density at radius 1 is 1.35 bits per heavy atom. The predicted molar refractivity (Wildman–Crippen MR) is 70.1 cm³/mol. The molecule has 0 saturated carbocycles. The topological polar surface area (TPSA) is 26.3 Å². The summed E-state index contributed by atoms with van der Waals surface area (Å²) in [5.74, 6) is -0.230. The first-order valence-corrected chi connectivity index (χ1v) is 6.36. The van der Waals surface area contributed by atoms with Gasteiger partial charge in [-0.15, -0.1) is 11.6 Å². The lowest BCUT2D eigenvalue weighted by Crippen LogP contribution is -2.33. The Bertz CT molecular complexity index is 364. The van der Waals surface area contributed by atoms with E-state index >= 15 is 0 Å². The van der Waals surface area contributed by atoms with E-state index in [9.17, 15) is 4.79 Å². The van der Waals surface area contributed by atoms with Gasteiger partial charge in [-0.2, -0.15) is 0 Å². The van der Waals surface area contributed by atoms with Gasteiger partial charge in [0, 0.05) is 0 Å². The van der Waals surface area contributed by atoms with Crippen LogP contribution in [-0.2, 0) is 9.53 Å². The van der Waals surface area contributed by atoms with E-state index < -0.39 is 5.41 Å². The molecule has 0 fully saturated rings. The summed E-state index contributed by atoms with van der Waals surface area (Å²) in [6, 6.07) is 9.65. The average molecular weight is 255 g/mol. The molecule has 0 saturated heterocycles. The van der Waals surface area contributed by atoms with Crippen LogP contribution in [0.1, 0.15) is 38.1 Å². The smallest absolute Gasteiger partial charge is 0.313 e. The number of esters is 1. The van der Waals surface area contributed by atoms with Crippen LogP contribution in [0.4, 0.5) is 0 Å². The third kappa shape index (κ3) is 3.01. The largest absolute Gasteiger partial charge is 0.466 e. The predicted octanol–water partition coefficient (Wildman–Crippen LogP) is 3.95. The summed E-state index contributed by atoms with van der Waals surface area (Å²) in [4.78, 5) is 12.0. The van der Waals surface area contributed by atoms with E-state index in [-0.39, 0.29) is 11.3 Å². The minimum absolute atomic E-state index is 0.230. The maximum Gasteiger partial charge on any atom is 0.313 e. The van der Waals surface area contributed by atoms with Gasteiger partial charge in [0.2, 0.25) is 0 Å². The van der Waals surface area contributed by atoms with Crippen LogP contribution in [0, 0.1) is 5.41 Å². The molecule has 1 aromatic rings. The Hall–Kier alpha value is -1.02. The van der Waals surface area contributed by atoms with Gasteiger partial charge in [-0.1, -0.05) is 37.3 Å². The van der Waals surface area contributed by atoms with Gasteiger partial charge < -0.3 is 4.74 Å². The van der Waals surface area contributed by atoms with Crippen LogP contribution in [-0.4, -0.2) is 12.6 Å². The normalized spacial score (nSPS) is 16.0. The van der Waals surface area contributed by atoms with Crippen molar-refractivity contribution in [3.05, 3.63) is 35.9 Å². The number of benzene rings is 1. The highest BCUT2D eigenvalue weighted by atomic mass is 35.5. The second-order valence-corrected chi connectivity index (χ2v) is 4.70. The summed E-state index contributed by atoms with van der Waals surface area (Å²) in [6.45, 7) is 6.00. The summed E-state index contributed by atoms with van der Waals surface area (Å²) in [5, 5.41) is -0.368. The molecule has 2 atom stereocenters. The van der Waals surface area contributed by atoms with Gasteiger partial charge in [-0.25, -0.2) is 0 Å². The van der Waals surface area contributed by atoms with Crippen molar-refractivity contribution < 1.29 is 9.53 Å². The zero-order valence-electron chi connectivity index (χ0n) is 10.6. The van der Waals surface area contributed by atoms with E-state index in [1.165, 1.54) is 0 Å². The standard InChI is InChI=1S/C14H19ClO2/c1-4-14(3,13(16)17-5-2)12(15)11-9-7-6-8-10-11/h6-10,12H,4-5H2,1-3H3. The highest BCUT2D eigenvalue weighted by Crippen LogP contribution is 2.42. The third-order valence-electron chi connectivity index (χ3n) is 3.13. The van der Waals surface area contributed by atoms with Crippen molar-refractivity contribution in [2.24, 2.45) is 5.41 Å². The van der Waals surface area contributed by atoms with Crippen molar-refractivity contribution in [3.8, 4) is 0 Å². The first-order valence-electron chi connectivity index (χ1n) is 5.92. The Kier molecular flexibility index (Phi) is 5.01. The summed E-state index contributed by atoms with van der Waals surface area (Å²) < 4.78 is 5.12. The molecule has 0 aliphatic rings. The summed E-state index contributed by atoms with van der Waals surface area (Å²) in [7, 11) is 0. The van der Waals surface area contributed by atoms with Gasteiger partial charge >= 0.3 is 5.97 Å². The van der Waals surface area contributed by atoms with E-state index in [0.29, 0.717) is 13.0 Å². The highest BCUT2D eigenvalue weighted by Gasteiger charge is 2.40. The first-order chi connectivity index (χ1) is 8.06. The second-order valence-electron chi connectivity index (χ2n) is 4.26. The monoisotopic (exact) mass is 254 g/mol. The Morgan fingerprint density at radius 2 is 1.94 bits per heavy atom. The summed E-state index contributed by atoms with van der Waals surface area (Å²) in [6.07, 6.45) is 0.648. The molecule has 0 spiro atoms. The van der Waals surface area contributed by atoms with Crippen molar-refractivity contribution in [1.82, 2.24) is 0 Å². The van der Waals surface area contributed by atoms with Gasteiger partial charge in [-0.3, -0.25) is 4.79 Å². The molecular formula is C14H19ClO2. The number of alkyl halides is 1. The van der Waals surface area contributed by atoms with E-state index in [0.717, 1.165) is 5.56 Å². The van der Waals surface area contributed by atoms with Crippen molar-refractivity contribution in [2.75, 3.05) is 6.61 Å². The number of rotatable bonds is 5. The van der Waals surface area contributed by atoms with Crippen LogP contribution in [0.15, 0.2) is 30.3 Å². The summed E-state index contributed by atoms with van der Waals surface area (Å²) in [5.41, 5.74) is 0.269. The molecule has 0 bridgehead atoms. The minimum atomic E-state index is -0.682. The SMILES string of the molecule is CCOC(=O)C(C)(CC)C(Cl)c1ccccc1. The molecule has 0 amide bonds. The van der Waals surface area contributed by atoms with E-state index in [4.69, 9.17) is 16.3 Å². The van der Waals surface area contributed by atoms with E-state index in [1.54, 1.807) is 6.92 Å². The number of hydrogen-bond acceptors (Lipinski definition) is 2. The molecule has 1 rings (SSSR count). The Morgan fingerprint density at radius 3 is 2.41 bits per heavy atom. The Balaban J connectivity index is 2.97. The molecule has 94 valence electrons. The van der Waals surface area contributed by atoms with E-state index in [2.05, 4.69) is 0 Å². The number of carbonyl (C=O) groups excluding carboxylic acids is 1. The van der Waals surface area contributed by atoms with Crippen molar-refractivity contribution in [2.45, 2.75) is 32.6 Å². The molecular weight excluding hydrogens is 236 g/mol. The molecule has 0 radical (unpaired) electrons. The van der Waals surface area contributed by atoms with Gasteiger partial charge in [0.1, 0.15) is 0 Å². The maximum atomic E-state index is 12.0. The number of carbonyl (C=O) groups is 1. The van der Waals surface area contributed by atoms with Crippen molar-refractivity contribution in [1.29, 1.82) is 0 Å². The number of halogens is 1. The number of hydrogen-bond donors (Lipinski definition) is 0. The number of ether oxygens (including phenoxy) is 1. The van der Waals surface area contributed by atoms with Crippen LogP contribution in [0.5, 0.6) is 0 Å². The van der Waals surface area contributed by atoms with Crippen LogP contribution in [0.2, 0.25) is 0 Å². The van der Waals surface area contributed by atoms with Crippen LogP contribution < -0.4 is 0 Å². The zero-order chi connectivity index (χ0) is 12.9. The molecule has 1 aromatic carbocycles. The van der Waals surface area contributed by atoms with Gasteiger partial charge in [0.25, 0.3) is 0 Å². The minimum Gasteiger partial charge on any atom is -0.466 e. The average Bonchev–Trinajstić information content (AvgIpc) is 2.38. The van der Waals surface area contributed by atoms with Crippen molar-refractivity contribution in [3.63, 3.8) is 0 Å². The lowest BCUT2D eigenvalue weighted by atomic mass is 9.80. The van der Waals surface area contributed by atoms with Crippen LogP contribution in [0.25, 0.3) is 0 Å². The maximum absolute atomic E-state index is 12.0. The fourth-order valence-corrected chi connectivity index (χ4v) is 2.10. The van der Waals surface area contributed by atoms with Gasteiger partial charge in [0.15, 0.2) is 0 Å². The van der Waals surface area contributed by atoms with Crippen LogP contribution >= 0.6 is 11.6 Å². The van der Waals surface area contributed by atoms with Gasteiger partial charge in [0.05, 0.1) is 17.4 Å². The quantitative estimate of drug-likeness (QED) is 0.588. The van der Waals surface area contributed by atoms with E-state index in [1.807, 2.05) is 44.2 Å². The summed E-state index contributed by atoms with van der Waals surface area (Å²) >= 11 is 6.44. The van der Waals surface area contributed by atoms with Gasteiger partial charge in [-0.05, 0) is 25.8 Å². The van der Waals surface area contributed by atoms with Crippen molar-refractivity contribution >= 4 is 17.6 Å². The highest BCUT2D eigenvalue weighted by molar-refractivity contribution is 6.22.